The molecule has 0 atom stereocenters. The van der Waals surface area contributed by atoms with Crippen molar-refractivity contribution in [3.63, 3.8) is 0 Å². The molecule has 0 aromatic heterocycles. The van der Waals surface area contributed by atoms with Crippen molar-refractivity contribution in [3.05, 3.63) is 59.1 Å². The SMILES string of the molecule is O=C(CCc1ccccc1Cl)Nc1cccc(S(=O)(=O)C2CCCC2)c1. The maximum absolute atomic E-state index is 12.7. The third-order valence-electron chi connectivity index (χ3n) is 4.77. The van der Waals surface area contributed by atoms with Gasteiger partial charge in [-0.1, -0.05) is 48.7 Å². The molecule has 1 N–H and O–H groups in total. The van der Waals surface area contributed by atoms with Crippen LogP contribution < -0.4 is 5.32 Å². The summed E-state index contributed by atoms with van der Waals surface area (Å²) in [7, 11) is -3.33. The zero-order valence-corrected chi connectivity index (χ0v) is 16.0. The van der Waals surface area contributed by atoms with Gasteiger partial charge in [0, 0.05) is 17.1 Å². The van der Waals surface area contributed by atoms with Crippen molar-refractivity contribution in [2.24, 2.45) is 0 Å². The third kappa shape index (κ3) is 4.46. The summed E-state index contributed by atoms with van der Waals surface area (Å²) in [5.74, 6) is -0.166. The Balaban J connectivity index is 1.65. The van der Waals surface area contributed by atoms with Crippen LogP contribution in [0.3, 0.4) is 0 Å². The lowest BCUT2D eigenvalue weighted by atomic mass is 10.1. The van der Waals surface area contributed by atoms with Crippen molar-refractivity contribution in [1.29, 1.82) is 0 Å². The number of nitrogens with one attached hydrogen (secondary N) is 1. The molecule has 26 heavy (non-hydrogen) atoms. The number of hydrogen-bond donors (Lipinski definition) is 1. The van der Waals surface area contributed by atoms with Crippen LogP contribution in [-0.4, -0.2) is 19.6 Å². The second-order valence-corrected chi connectivity index (χ2v) is 9.25. The van der Waals surface area contributed by atoms with Gasteiger partial charge in [-0.25, -0.2) is 8.42 Å². The van der Waals surface area contributed by atoms with E-state index in [1.165, 1.54) is 0 Å². The van der Waals surface area contributed by atoms with Gasteiger partial charge in [-0.3, -0.25) is 4.79 Å². The normalized spacial score (nSPS) is 15.1. The molecule has 3 rings (SSSR count). The van der Waals surface area contributed by atoms with Crippen molar-refractivity contribution in [1.82, 2.24) is 0 Å². The molecular formula is C20H22ClNO3S. The van der Waals surface area contributed by atoms with Crippen LogP contribution in [-0.2, 0) is 21.1 Å². The van der Waals surface area contributed by atoms with E-state index in [2.05, 4.69) is 5.32 Å². The molecule has 1 aliphatic rings. The Hall–Kier alpha value is -1.85. The number of sulfone groups is 1. The number of amides is 1. The Labute approximate surface area is 159 Å². The highest BCUT2D eigenvalue weighted by molar-refractivity contribution is 7.92. The van der Waals surface area contributed by atoms with Gasteiger partial charge in [0.15, 0.2) is 9.84 Å². The largest absolute Gasteiger partial charge is 0.326 e. The lowest BCUT2D eigenvalue weighted by Crippen LogP contribution is -2.18. The summed E-state index contributed by atoms with van der Waals surface area (Å²) < 4.78 is 25.4. The Morgan fingerprint density at radius 2 is 1.81 bits per heavy atom. The fourth-order valence-electron chi connectivity index (χ4n) is 3.31. The summed E-state index contributed by atoms with van der Waals surface area (Å²) in [6, 6.07) is 14.0. The van der Waals surface area contributed by atoms with Crippen LogP contribution in [0.5, 0.6) is 0 Å². The molecule has 0 spiro atoms. The van der Waals surface area contributed by atoms with Gasteiger partial charge in [0.2, 0.25) is 5.91 Å². The van der Waals surface area contributed by atoms with Gasteiger partial charge in [0.05, 0.1) is 10.1 Å². The van der Waals surface area contributed by atoms with Crippen molar-refractivity contribution in [2.75, 3.05) is 5.32 Å². The average Bonchev–Trinajstić information content (AvgIpc) is 3.17. The van der Waals surface area contributed by atoms with Crippen LogP contribution in [0.4, 0.5) is 5.69 Å². The van der Waals surface area contributed by atoms with Crippen LogP contribution in [0.1, 0.15) is 37.7 Å². The molecule has 0 unspecified atom stereocenters. The summed E-state index contributed by atoms with van der Waals surface area (Å²) in [6.07, 6.45) is 4.17. The number of anilines is 1. The Morgan fingerprint density at radius 1 is 1.08 bits per heavy atom. The van der Waals surface area contributed by atoms with Crippen LogP contribution in [0.2, 0.25) is 5.02 Å². The fourth-order valence-corrected chi connectivity index (χ4v) is 5.44. The topological polar surface area (TPSA) is 63.2 Å². The van der Waals surface area contributed by atoms with E-state index in [0.29, 0.717) is 17.1 Å². The van der Waals surface area contributed by atoms with E-state index in [9.17, 15) is 13.2 Å². The first-order valence-electron chi connectivity index (χ1n) is 8.84. The lowest BCUT2D eigenvalue weighted by Gasteiger charge is -2.13. The van der Waals surface area contributed by atoms with Gasteiger partial charge in [-0.2, -0.15) is 0 Å². The Bertz CT molecular complexity index is 889. The summed E-state index contributed by atoms with van der Waals surface area (Å²) >= 11 is 6.10. The predicted octanol–water partition coefficient (Wildman–Crippen LogP) is 4.63. The zero-order valence-electron chi connectivity index (χ0n) is 14.4. The molecule has 0 radical (unpaired) electrons. The first-order chi connectivity index (χ1) is 12.5. The third-order valence-corrected chi connectivity index (χ3v) is 7.40. The maximum atomic E-state index is 12.7. The highest BCUT2D eigenvalue weighted by Crippen LogP contribution is 2.30. The first kappa shape index (κ1) is 18.9. The highest BCUT2D eigenvalue weighted by atomic mass is 35.5. The van der Waals surface area contributed by atoms with Crippen LogP contribution in [0.25, 0.3) is 0 Å². The van der Waals surface area contributed by atoms with E-state index >= 15 is 0 Å². The van der Waals surface area contributed by atoms with Crippen LogP contribution in [0.15, 0.2) is 53.4 Å². The molecule has 0 bridgehead atoms. The van der Waals surface area contributed by atoms with E-state index in [0.717, 1.165) is 31.2 Å². The van der Waals surface area contributed by atoms with Crippen molar-refractivity contribution in [3.8, 4) is 0 Å². The van der Waals surface area contributed by atoms with Crippen LogP contribution >= 0.6 is 11.6 Å². The molecule has 1 amide bonds. The number of carbonyl (C=O) groups excluding carboxylic acids is 1. The van der Waals surface area contributed by atoms with Gasteiger partial charge in [-0.15, -0.1) is 0 Å². The Kier molecular flexibility index (Phi) is 5.99. The second-order valence-electron chi connectivity index (χ2n) is 6.62. The lowest BCUT2D eigenvalue weighted by molar-refractivity contribution is -0.116. The van der Waals surface area contributed by atoms with Gasteiger partial charge < -0.3 is 5.32 Å². The zero-order chi connectivity index (χ0) is 18.6. The molecule has 0 aliphatic heterocycles. The molecule has 0 saturated heterocycles. The standard InChI is InChI=1S/C20H22ClNO3S/c21-19-11-4-1-6-15(19)12-13-20(23)22-16-7-5-10-18(14-16)26(24,25)17-8-2-3-9-17/h1,4-7,10-11,14,17H,2-3,8-9,12-13H2,(H,22,23). The van der Waals surface area contributed by atoms with Gasteiger partial charge in [0.1, 0.15) is 0 Å². The molecule has 1 aliphatic carbocycles. The van der Waals surface area contributed by atoms with E-state index in [-0.39, 0.29) is 22.5 Å². The smallest absolute Gasteiger partial charge is 0.224 e. The fraction of sp³-hybridized carbons (Fsp3) is 0.350. The molecule has 2 aromatic rings. The first-order valence-corrected chi connectivity index (χ1v) is 10.8. The van der Waals surface area contributed by atoms with E-state index < -0.39 is 9.84 Å². The van der Waals surface area contributed by atoms with Crippen molar-refractivity contribution in [2.45, 2.75) is 48.7 Å². The number of halogens is 1. The van der Waals surface area contributed by atoms with E-state index in [1.807, 2.05) is 18.2 Å². The second kappa shape index (κ2) is 8.23. The summed E-state index contributed by atoms with van der Waals surface area (Å²) in [5, 5.41) is 3.13. The molecule has 1 saturated carbocycles. The highest BCUT2D eigenvalue weighted by Gasteiger charge is 2.30. The van der Waals surface area contributed by atoms with Gasteiger partial charge in [-0.05, 0) is 49.1 Å². The molecule has 1 fully saturated rings. The number of aryl methyl sites for hydroxylation is 1. The van der Waals surface area contributed by atoms with E-state index in [4.69, 9.17) is 11.6 Å². The minimum atomic E-state index is -3.33. The Morgan fingerprint density at radius 3 is 2.54 bits per heavy atom. The monoisotopic (exact) mass is 391 g/mol. The van der Waals surface area contributed by atoms with Gasteiger partial charge in [0.25, 0.3) is 0 Å². The van der Waals surface area contributed by atoms with E-state index in [1.54, 1.807) is 30.3 Å². The van der Waals surface area contributed by atoms with Crippen molar-refractivity contribution >= 4 is 33.0 Å². The molecule has 2 aromatic carbocycles. The minimum Gasteiger partial charge on any atom is -0.326 e. The number of hydrogen-bond acceptors (Lipinski definition) is 3. The maximum Gasteiger partial charge on any atom is 0.224 e. The van der Waals surface area contributed by atoms with Crippen molar-refractivity contribution < 1.29 is 13.2 Å². The average molecular weight is 392 g/mol. The number of carbonyl (C=O) groups is 1. The minimum absolute atomic E-state index is 0.166. The predicted molar refractivity (Wildman–Crippen MR) is 104 cm³/mol. The van der Waals surface area contributed by atoms with Gasteiger partial charge >= 0.3 is 0 Å². The molecular weight excluding hydrogens is 370 g/mol. The molecule has 138 valence electrons. The molecule has 6 heteroatoms. The quantitative estimate of drug-likeness (QED) is 0.780. The number of rotatable bonds is 6. The summed E-state index contributed by atoms with van der Waals surface area (Å²) in [6.45, 7) is 0. The summed E-state index contributed by atoms with van der Waals surface area (Å²) in [5.41, 5.74) is 1.43. The number of benzene rings is 2. The molecule has 4 nitrogen and oxygen atoms in total. The summed E-state index contributed by atoms with van der Waals surface area (Å²) in [4.78, 5) is 12.5. The molecule has 0 heterocycles. The van der Waals surface area contributed by atoms with Crippen LogP contribution in [0, 0.1) is 0 Å².